The lowest BCUT2D eigenvalue weighted by atomic mass is 9.97. The van der Waals surface area contributed by atoms with E-state index in [9.17, 15) is 5.26 Å². The van der Waals surface area contributed by atoms with Gasteiger partial charge < -0.3 is 9.47 Å². The van der Waals surface area contributed by atoms with Gasteiger partial charge in [-0.15, -0.1) is 11.8 Å². The Bertz CT molecular complexity index is 426. The zero-order valence-corrected chi connectivity index (χ0v) is 11.9. The normalized spacial score (nSPS) is 19.6. The number of imidazole rings is 1. The van der Waals surface area contributed by atoms with Gasteiger partial charge in [0.15, 0.2) is 0 Å². The first-order valence-electron chi connectivity index (χ1n) is 6.35. The summed E-state index contributed by atoms with van der Waals surface area (Å²) in [6, 6.07) is 2.49. The number of hydrogen-bond donors (Lipinski definition) is 0. The summed E-state index contributed by atoms with van der Waals surface area (Å²) in [4.78, 5) is 6.68. The van der Waals surface area contributed by atoms with Gasteiger partial charge >= 0.3 is 0 Å². The molecule has 0 N–H and O–H groups in total. The number of rotatable bonds is 4. The predicted octanol–water partition coefficient (Wildman–Crippen LogP) is 1.91. The molecule has 2 heterocycles. The Labute approximate surface area is 113 Å². The third kappa shape index (κ3) is 2.88. The fraction of sp³-hybridized carbons (Fsp3) is 0.692. The molecule has 1 fully saturated rings. The molecule has 1 aliphatic heterocycles. The molecule has 18 heavy (non-hydrogen) atoms. The van der Waals surface area contributed by atoms with Crippen molar-refractivity contribution in [2.75, 3.05) is 25.9 Å². The summed E-state index contributed by atoms with van der Waals surface area (Å²) in [7, 11) is 0. The Hall–Kier alpha value is -0.990. The van der Waals surface area contributed by atoms with Gasteiger partial charge in [-0.3, -0.25) is 0 Å². The summed E-state index contributed by atoms with van der Waals surface area (Å²) in [6.45, 7) is 6.13. The lowest BCUT2D eigenvalue weighted by Gasteiger charge is -2.36. The maximum absolute atomic E-state index is 9.24. The minimum absolute atomic E-state index is 0.137. The van der Waals surface area contributed by atoms with Crippen LogP contribution in [0.3, 0.4) is 0 Å². The van der Waals surface area contributed by atoms with E-state index >= 15 is 0 Å². The van der Waals surface area contributed by atoms with E-state index in [1.165, 1.54) is 0 Å². The van der Waals surface area contributed by atoms with Gasteiger partial charge in [-0.1, -0.05) is 0 Å². The van der Waals surface area contributed by atoms with Crippen LogP contribution < -0.4 is 0 Å². The van der Waals surface area contributed by atoms with E-state index in [0.717, 1.165) is 44.8 Å². The van der Waals surface area contributed by atoms with Crippen molar-refractivity contribution in [3.05, 3.63) is 18.2 Å². The second kappa shape index (κ2) is 5.77. The number of nitrogens with zero attached hydrogens (tertiary/aromatic N) is 4. The monoisotopic (exact) mass is 264 g/mol. The molecular weight excluding hydrogens is 244 g/mol. The lowest BCUT2D eigenvalue weighted by molar-refractivity contribution is 0.209. The van der Waals surface area contributed by atoms with Crippen molar-refractivity contribution < 1.29 is 0 Å². The van der Waals surface area contributed by atoms with E-state index in [2.05, 4.69) is 20.5 Å². The molecule has 0 aromatic carbocycles. The number of nitriles is 1. The summed E-state index contributed by atoms with van der Waals surface area (Å²) in [6.07, 6.45) is 7.88. The molecule has 0 spiro atoms. The zero-order valence-electron chi connectivity index (χ0n) is 11.1. The minimum atomic E-state index is -0.137. The molecule has 0 unspecified atom stereocenters. The number of piperidine rings is 1. The third-order valence-corrected chi connectivity index (χ3v) is 5.12. The van der Waals surface area contributed by atoms with Gasteiger partial charge in [0.05, 0.1) is 6.07 Å². The Balaban J connectivity index is 1.81. The van der Waals surface area contributed by atoms with Gasteiger partial charge in [0, 0.05) is 38.6 Å². The van der Waals surface area contributed by atoms with Gasteiger partial charge in [0.2, 0.25) is 0 Å². The number of likely N-dealkylation sites (tertiary alicyclic amines) is 1. The predicted molar refractivity (Wildman–Crippen MR) is 74.5 cm³/mol. The van der Waals surface area contributed by atoms with E-state index in [1.54, 1.807) is 11.8 Å². The largest absolute Gasteiger partial charge is 0.334 e. The Morgan fingerprint density at radius 1 is 1.44 bits per heavy atom. The number of aromatic nitrogens is 2. The van der Waals surface area contributed by atoms with Crippen LogP contribution in [0.5, 0.6) is 0 Å². The standard InChI is InChI=1S/C13H20N4S/c1-12-15-5-8-17(12)10-9-16-6-3-13(11-14,18-2)4-7-16/h5,8H,3-4,6-7,9-10H2,1-2H3. The maximum atomic E-state index is 9.24. The minimum Gasteiger partial charge on any atom is -0.334 e. The van der Waals surface area contributed by atoms with Crippen LogP contribution in [0.4, 0.5) is 0 Å². The van der Waals surface area contributed by atoms with Crippen LogP contribution in [0.2, 0.25) is 0 Å². The highest BCUT2D eigenvalue weighted by atomic mass is 32.2. The van der Waals surface area contributed by atoms with Crippen LogP contribution in [0.25, 0.3) is 0 Å². The second-order valence-corrected chi connectivity index (χ2v) is 6.01. The molecule has 5 heteroatoms. The summed E-state index contributed by atoms with van der Waals surface area (Å²) in [5, 5.41) is 9.24. The van der Waals surface area contributed by atoms with Crippen LogP contribution in [-0.4, -0.2) is 45.1 Å². The highest BCUT2D eigenvalue weighted by Crippen LogP contribution is 2.33. The molecule has 1 saturated heterocycles. The highest BCUT2D eigenvalue weighted by Gasteiger charge is 2.33. The van der Waals surface area contributed by atoms with Crippen molar-refractivity contribution in [1.82, 2.24) is 14.5 Å². The first-order valence-corrected chi connectivity index (χ1v) is 7.58. The number of thioether (sulfide) groups is 1. The molecule has 0 radical (unpaired) electrons. The summed E-state index contributed by atoms with van der Waals surface area (Å²) >= 11 is 1.71. The molecule has 2 rings (SSSR count). The van der Waals surface area contributed by atoms with Crippen LogP contribution in [0.15, 0.2) is 12.4 Å². The van der Waals surface area contributed by atoms with Crippen LogP contribution in [0.1, 0.15) is 18.7 Å². The molecule has 0 bridgehead atoms. The second-order valence-electron chi connectivity index (χ2n) is 4.82. The quantitative estimate of drug-likeness (QED) is 0.833. The SMILES string of the molecule is CSC1(C#N)CCN(CCn2ccnc2C)CC1. The van der Waals surface area contributed by atoms with Gasteiger partial charge in [0.1, 0.15) is 10.6 Å². The fourth-order valence-electron chi connectivity index (χ4n) is 2.39. The number of hydrogen-bond acceptors (Lipinski definition) is 4. The topological polar surface area (TPSA) is 44.9 Å². The van der Waals surface area contributed by atoms with Crippen molar-refractivity contribution in [3.8, 4) is 6.07 Å². The molecular formula is C13H20N4S. The van der Waals surface area contributed by atoms with Crippen LogP contribution >= 0.6 is 11.8 Å². The molecule has 1 aliphatic rings. The Kier molecular flexibility index (Phi) is 4.31. The van der Waals surface area contributed by atoms with Crippen molar-refractivity contribution >= 4 is 11.8 Å². The molecule has 98 valence electrons. The lowest BCUT2D eigenvalue weighted by Crippen LogP contribution is -2.42. The molecule has 0 amide bonds. The number of aryl methyl sites for hydroxylation is 1. The van der Waals surface area contributed by atoms with E-state index in [4.69, 9.17) is 0 Å². The summed E-state index contributed by atoms with van der Waals surface area (Å²) < 4.78 is 2.04. The van der Waals surface area contributed by atoms with Gasteiger partial charge in [0.25, 0.3) is 0 Å². The average Bonchev–Trinajstić information content (AvgIpc) is 2.83. The highest BCUT2D eigenvalue weighted by molar-refractivity contribution is 8.00. The summed E-state index contributed by atoms with van der Waals surface area (Å²) in [5.74, 6) is 1.07. The van der Waals surface area contributed by atoms with E-state index < -0.39 is 0 Å². The zero-order chi connectivity index (χ0) is 13.0. The van der Waals surface area contributed by atoms with Crippen LogP contribution in [0, 0.1) is 18.3 Å². The molecule has 1 aromatic heterocycles. The van der Waals surface area contributed by atoms with Gasteiger partial charge in [-0.2, -0.15) is 5.26 Å². The molecule has 1 aromatic rings. The molecule has 0 aliphatic carbocycles. The smallest absolute Gasteiger partial charge is 0.105 e. The third-order valence-electron chi connectivity index (χ3n) is 3.84. The molecule has 0 saturated carbocycles. The average molecular weight is 264 g/mol. The van der Waals surface area contributed by atoms with Crippen molar-refractivity contribution in [3.63, 3.8) is 0 Å². The van der Waals surface area contributed by atoms with Crippen LogP contribution in [-0.2, 0) is 6.54 Å². The van der Waals surface area contributed by atoms with Gasteiger partial charge in [-0.05, 0) is 26.0 Å². The van der Waals surface area contributed by atoms with E-state index in [1.807, 2.05) is 25.6 Å². The van der Waals surface area contributed by atoms with E-state index in [0.29, 0.717) is 0 Å². The van der Waals surface area contributed by atoms with Crippen molar-refractivity contribution in [1.29, 1.82) is 5.26 Å². The fourth-order valence-corrected chi connectivity index (χ4v) is 3.07. The molecule has 4 nitrogen and oxygen atoms in total. The Morgan fingerprint density at radius 3 is 2.67 bits per heavy atom. The van der Waals surface area contributed by atoms with Gasteiger partial charge in [-0.25, -0.2) is 4.98 Å². The maximum Gasteiger partial charge on any atom is 0.105 e. The molecule has 0 atom stereocenters. The van der Waals surface area contributed by atoms with E-state index in [-0.39, 0.29) is 4.75 Å². The first kappa shape index (κ1) is 13.4. The van der Waals surface area contributed by atoms with Crippen molar-refractivity contribution in [2.24, 2.45) is 0 Å². The summed E-state index contributed by atoms with van der Waals surface area (Å²) in [5.41, 5.74) is 0. The first-order chi connectivity index (χ1) is 8.69. The van der Waals surface area contributed by atoms with Crippen molar-refractivity contribution in [2.45, 2.75) is 31.1 Å². The Morgan fingerprint density at radius 2 is 2.17 bits per heavy atom.